The molecule has 0 radical (unpaired) electrons. The molecule has 2 nitrogen and oxygen atoms in total. The van der Waals surface area contributed by atoms with Crippen LogP contribution in [0.25, 0.3) is 0 Å². The van der Waals surface area contributed by atoms with Gasteiger partial charge in [-0.05, 0) is 37.5 Å². The molecule has 0 saturated heterocycles. The van der Waals surface area contributed by atoms with Crippen LogP contribution in [-0.4, -0.2) is 6.10 Å². The number of halogens is 1. The van der Waals surface area contributed by atoms with Gasteiger partial charge in [0.15, 0.2) is 0 Å². The van der Waals surface area contributed by atoms with Crippen LogP contribution in [0.1, 0.15) is 32.8 Å². The highest BCUT2D eigenvalue weighted by Gasteiger charge is 2.09. The second-order valence-electron chi connectivity index (χ2n) is 4.51. The van der Waals surface area contributed by atoms with Crippen LogP contribution in [0.3, 0.4) is 0 Å². The SMILES string of the molecule is CC(C)CC(C)Oc1ccc(Br)cc1CN. The molecule has 0 spiro atoms. The van der Waals surface area contributed by atoms with Crippen molar-refractivity contribution in [2.75, 3.05) is 0 Å². The predicted molar refractivity (Wildman–Crippen MR) is 71.6 cm³/mol. The van der Waals surface area contributed by atoms with Gasteiger partial charge >= 0.3 is 0 Å². The molecule has 0 aromatic heterocycles. The maximum atomic E-state index is 5.90. The summed E-state index contributed by atoms with van der Waals surface area (Å²) in [5.41, 5.74) is 6.74. The number of rotatable bonds is 5. The summed E-state index contributed by atoms with van der Waals surface area (Å²) in [5.74, 6) is 1.55. The van der Waals surface area contributed by atoms with Crippen molar-refractivity contribution in [1.29, 1.82) is 0 Å². The fourth-order valence-electron chi connectivity index (χ4n) is 1.75. The molecular weight excluding hydrogens is 266 g/mol. The van der Waals surface area contributed by atoms with E-state index in [1.165, 1.54) is 0 Å². The number of ether oxygens (including phenoxy) is 1. The molecule has 0 aliphatic heterocycles. The van der Waals surface area contributed by atoms with E-state index in [9.17, 15) is 0 Å². The van der Waals surface area contributed by atoms with E-state index in [1.807, 2.05) is 18.2 Å². The summed E-state index contributed by atoms with van der Waals surface area (Å²) >= 11 is 3.43. The molecule has 1 aromatic carbocycles. The molecule has 90 valence electrons. The largest absolute Gasteiger partial charge is 0.490 e. The molecule has 3 heteroatoms. The Labute approximate surface area is 106 Å². The normalized spacial score (nSPS) is 12.9. The Morgan fingerprint density at radius 3 is 2.56 bits per heavy atom. The van der Waals surface area contributed by atoms with Crippen molar-refractivity contribution in [3.05, 3.63) is 28.2 Å². The third-order valence-corrected chi connectivity index (χ3v) is 2.87. The molecule has 1 rings (SSSR count). The summed E-state index contributed by atoms with van der Waals surface area (Å²) in [6.07, 6.45) is 1.28. The third kappa shape index (κ3) is 4.14. The van der Waals surface area contributed by atoms with Crippen LogP contribution in [0.4, 0.5) is 0 Å². The maximum Gasteiger partial charge on any atom is 0.124 e. The van der Waals surface area contributed by atoms with Gasteiger partial charge in [0.2, 0.25) is 0 Å². The van der Waals surface area contributed by atoms with E-state index < -0.39 is 0 Å². The maximum absolute atomic E-state index is 5.90. The fourth-order valence-corrected chi connectivity index (χ4v) is 2.16. The number of benzene rings is 1. The van der Waals surface area contributed by atoms with Crippen molar-refractivity contribution in [2.45, 2.75) is 39.8 Å². The van der Waals surface area contributed by atoms with E-state index in [4.69, 9.17) is 10.5 Å². The first-order chi connectivity index (χ1) is 7.52. The molecule has 0 aliphatic rings. The standard InChI is InChI=1S/C13H20BrNO/c1-9(2)6-10(3)16-13-5-4-12(14)7-11(13)8-15/h4-5,7,9-10H,6,8,15H2,1-3H3. The summed E-state index contributed by atoms with van der Waals surface area (Å²) in [4.78, 5) is 0. The van der Waals surface area contributed by atoms with Gasteiger partial charge in [0, 0.05) is 16.6 Å². The van der Waals surface area contributed by atoms with Crippen molar-refractivity contribution in [3.63, 3.8) is 0 Å². The van der Waals surface area contributed by atoms with E-state index in [2.05, 4.69) is 36.7 Å². The van der Waals surface area contributed by atoms with Crippen LogP contribution in [-0.2, 0) is 6.54 Å². The van der Waals surface area contributed by atoms with Crippen LogP contribution >= 0.6 is 15.9 Å². The zero-order valence-electron chi connectivity index (χ0n) is 10.2. The van der Waals surface area contributed by atoms with E-state index >= 15 is 0 Å². The van der Waals surface area contributed by atoms with Gasteiger partial charge in [-0.15, -0.1) is 0 Å². The first-order valence-corrected chi connectivity index (χ1v) is 6.47. The Kier molecular flexibility index (Phi) is 5.29. The highest BCUT2D eigenvalue weighted by Crippen LogP contribution is 2.24. The number of hydrogen-bond acceptors (Lipinski definition) is 2. The second-order valence-corrected chi connectivity index (χ2v) is 5.43. The molecule has 0 aliphatic carbocycles. The Balaban J connectivity index is 2.72. The summed E-state index contributed by atoms with van der Waals surface area (Å²) in [6.45, 7) is 7.00. The van der Waals surface area contributed by atoms with Crippen LogP contribution < -0.4 is 10.5 Å². The molecule has 0 amide bonds. The average Bonchev–Trinajstić information content (AvgIpc) is 2.19. The summed E-state index contributed by atoms with van der Waals surface area (Å²) in [5, 5.41) is 0. The fraction of sp³-hybridized carbons (Fsp3) is 0.538. The quantitative estimate of drug-likeness (QED) is 0.895. The minimum Gasteiger partial charge on any atom is -0.490 e. The first kappa shape index (κ1) is 13.5. The molecule has 2 N–H and O–H groups in total. The van der Waals surface area contributed by atoms with Gasteiger partial charge in [-0.2, -0.15) is 0 Å². The minimum atomic E-state index is 0.228. The molecule has 0 fully saturated rings. The number of hydrogen-bond donors (Lipinski definition) is 1. The van der Waals surface area contributed by atoms with Gasteiger partial charge in [-0.3, -0.25) is 0 Å². The predicted octanol–water partition coefficient (Wildman–Crippen LogP) is 3.72. The van der Waals surface area contributed by atoms with Crippen LogP contribution in [0.5, 0.6) is 5.75 Å². The van der Waals surface area contributed by atoms with Crippen molar-refractivity contribution in [3.8, 4) is 5.75 Å². The molecular formula is C13H20BrNO. The van der Waals surface area contributed by atoms with Crippen molar-refractivity contribution in [1.82, 2.24) is 0 Å². The van der Waals surface area contributed by atoms with Crippen LogP contribution in [0.15, 0.2) is 22.7 Å². The van der Waals surface area contributed by atoms with E-state index in [0.29, 0.717) is 12.5 Å². The summed E-state index contributed by atoms with van der Waals surface area (Å²) in [7, 11) is 0. The van der Waals surface area contributed by atoms with Crippen LogP contribution in [0.2, 0.25) is 0 Å². The third-order valence-electron chi connectivity index (χ3n) is 2.37. The lowest BCUT2D eigenvalue weighted by Gasteiger charge is -2.18. The van der Waals surface area contributed by atoms with Crippen molar-refractivity contribution in [2.24, 2.45) is 11.7 Å². The van der Waals surface area contributed by atoms with Crippen molar-refractivity contribution >= 4 is 15.9 Å². The van der Waals surface area contributed by atoms with Gasteiger partial charge in [0.05, 0.1) is 6.10 Å². The average molecular weight is 286 g/mol. The Morgan fingerprint density at radius 1 is 1.31 bits per heavy atom. The topological polar surface area (TPSA) is 35.2 Å². The number of nitrogens with two attached hydrogens (primary N) is 1. The smallest absolute Gasteiger partial charge is 0.124 e. The highest BCUT2D eigenvalue weighted by atomic mass is 79.9. The van der Waals surface area contributed by atoms with Crippen LogP contribution in [0, 0.1) is 5.92 Å². The monoisotopic (exact) mass is 285 g/mol. The molecule has 1 unspecified atom stereocenters. The van der Waals surface area contributed by atoms with E-state index in [-0.39, 0.29) is 6.10 Å². The van der Waals surface area contributed by atoms with Gasteiger partial charge in [-0.25, -0.2) is 0 Å². The van der Waals surface area contributed by atoms with E-state index in [1.54, 1.807) is 0 Å². The minimum absolute atomic E-state index is 0.228. The Hall–Kier alpha value is -0.540. The second kappa shape index (κ2) is 6.26. The lowest BCUT2D eigenvalue weighted by atomic mass is 10.1. The zero-order chi connectivity index (χ0) is 12.1. The molecule has 1 aromatic rings. The zero-order valence-corrected chi connectivity index (χ0v) is 11.8. The molecule has 0 heterocycles. The van der Waals surface area contributed by atoms with E-state index in [0.717, 1.165) is 22.2 Å². The highest BCUT2D eigenvalue weighted by molar-refractivity contribution is 9.10. The lowest BCUT2D eigenvalue weighted by Crippen LogP contribution is -2.16. The van der Waals surface area contributed by atoms with Crippen molar-refractivity contribution < 1.29 is 4.74 Å². The molecule has 0 saturated carbocycles. The Bertz CT molecular complexity index is 339. The van der Waals surface area contributed by atoms with Gasteiger partial charge in [-0.1, -0.05) is 29.8 Å². The van der Waals surface area contributed by atoms with Gasteiger partial charge in [0.25, 0.3) is 0 Å². The first-order valence-electron chi connectivity index (χ1n) is 5.68. The van der Waals surface area contributed by atoms with Gasteiger partial charge in [0.1, 0.15) is 5.75 Å². The lowest BCUT2D eigenvalue weighted by molar-refractivity contribution is 0.191. The summed E-state index contributed by atoms with van der Waals surface area (Å²) in [6, 6.07) is 5.97. The molecule has 1 atom stereocenters. The molecule has 16 heavy (non-hydrogen) atoms. The molecule has 0 bridgehead atoms. The summed E-state index contributed by atoms with van der Waals surface area (Å²) < 4.78 is 6.94. The van der Waals surface area contributed by atoms with Gasteiger partial charge < -0.3 is 10.5 Å². The Morgan fingerprint density at radius 2 is 2.00 bits per heavy atom.